The number of fused-ring (bicyclic) bond motifs is 1. The van der Waals surface area contributed by atoms with E-state index in [1.165, 1.54) is 16.6 Å². The molecular weight excluding hydrogens is 378 g/mol. The molecule has 1 unspecified atom stereocenters. The van der Waals surface area contributed by atoms with Crippen LogP contribution in [-0.2, 0) is 14.8 Å². The van der Waals surface area contributed by atoms with E-state index in [0.29, 0.717) is 43.1 Å². The fourth-order valence-corrected chi connectivity index (χ4v) is 4.89. The van der Waals surface area contributed by atoms with Crippen molar-refractivity contribution in [2.24, 2.45) is 0 Å². The summed E-state index contributed by atoms with van der Waals surface area (Å²) in [6, 6.07) is 10.1. The molecule has 1 amide bonds. The molecule has 4 rings (SSSR count). The summed E-state index contributed by atoms with van der Waals surface area (Å²) in [7, 11) is -1.64. The van der Waals surface area contributed by atoms with Crippen LogP contribution < -0.4 is 5.32 Å². The van der Waals surface area contributed by atoms with E-state index in [4.69, 9.17) is 5.26 Å². The molecule has 9 heteroatoms. The van der Waals surface area contributed by atoms with Crippen LogP contribution in [0.1, 0.15) is 22.7 Å². The molecule has 1 N–H and O–H groups in total. The molecule has 0 spiro atoms. The molecule has 8 nitrogen and oxygen atoms in total. The zero-order valence-electron chi connectivity index (χ0n) is 15.3. The number of carbonyl (C=O) groups excluding carboxylic acids is 1. The van der Waals surface area contributed by atoms with Crippen LogP contribution in [0.3, 0.4) is 0 Å². The molecule has 1 atom stereocenters. The Kier molecular flexibility index (Phi) is 4.63. The molecule has 0 bridgehead atoms. The zero-order valence-corrected chi connectivity index (χ0v) is 16.1. The summed E-state index contributed by atoms with van der Waals surface area (Å²) in [6.07, 6.45) is 1.32. The Labute approximate surface area is 163 Å². The number of hydrogen-bond acceptors (Lipinski definition) is 6. The second-order valence-corrected chi connectivity index (χ2v) is 8.90. The minimum absolute atomic E-state index is 0.124. The zero-order chi connectivity index (χ0) is 19.9. The Morgan fingerprint density at radius 2 is 1.93 bits per heavy atom. The van der Waals surface area contributed by atoms with Crippen LogP contribution in [0.25, 0.3) is 0 Å². The number of nitrogens with one attached hydrogen (secondary N) is 1. The Balaban J connectivity index is 1.61. The van der Waals surface area contributed by atoms with Crippen LogP contribution in [0.2, 0.25) is 0 Å². The molecule has 0 aliphatic carbocycles. The van der Waals surface area contributed by atoms with E-state index in [-0.39, 0.29) is 10.8 Å². The average molecular weight is 397 g/mol. The summed E-state index contributed by atoms with van der Waals surface area (Å²) < 4.78 is 27.1. The van der Waals surface area contributed by atoms with Gasteiger partial charge in [-0.1, -0.05) is 6.07 Å². The van der Waals surface area contributed by atoms with Gasteiger partial charge in [-0.3, -0.25) is 9.78 Å². The first-order valence-electron chi connectivity index (χ1n) is 8.90. The predicted octanol–water partition coefficient (Wildman–Crippen LogP) is 0.973. The van der Waals surface area contributed by atoms with E-state index >= 15 is 0 Å². The fraction of sp³-hybridized carbons (Fsp3) is 0.316. The normalized spacial score (nSPS) is 20.4. The number of carbonyl (C=O) groups is 1. The number of hydrogen-bond donors (Lipinski definition) is 1. The number of nitriles is 1. The van der Waals surface area contributed by atoms with Gasteiger partial charge in [-0.05, 0) is 36.9 Å². The molecule has 144 valence electrons. The predicted molar refractivity (Wildman–Crippen MR) is 102 cm³/mol. The van der Waals surface area contributed by atoms with Crippen molar-refractivity contribution in [1.82, 2.24) is 14.2 Å². The Morgan fingerprint density at radius 1 is 1.18 bits per heavy atom. The van der Waals surface area contributed by atoms with Crippen molar-refractivity contribution in [3.63, 3.8) is 0 Å². The summed E-state index contributed by atoms with van der Waals surface area (Å²) >= 11 is 0. The van der Waals surface area contributed by atoms with Gasteiger partial charge < -0.3 is 10.2 Å². The summed E-state index contributed by atoms with van der Waals surface area (Å²) in [5.74, 6) is -0.865. The number of amides is 1. The summed E-state index contributed by atoms with van der Waals surface area (Å²) in [5.41, 5.74) is 2.25. The first kappa shape index (κ1) is 18.6. The highest BCUT2D eigenvalue weighted by Crippen LogP contribution is 2.37. The number of rotatable bonds is 3. The van der Waals surface area contributed by atoms with Crippen molar-refractivity contribution in [2.45, 2.75) is 10.8 Å². The molecule has 28 heavy (non-hydrogen) atoms. The van der Waals surface area contributed by atoms with Crippen molar-refractivity contribution in [3.8, 4) is 6.07 Å². The van der Waals surface area contributed by atoms with Crippen molar-refractivity contribution >= 4 is 21.6 Å². The third-order valence-electron chi connectivity index (χ3n) is 5.17. The molecule has 3 heterocycles. The molecule has 1 saturated heterocycles. The number of anilines is 1. The van der Waals surface area contributed by atoms with Crippen LogP contribution >= 0.6 is 0 Å². The average Bonchev–Trinajstić information content (AvgIpc) is 3.03. The second kappa shape index (κ2) is 6.98. The van der Waals surface area contributed by atoms with Gasteiger partial charge in [0.15, 0.2) is 0 Å². The lowest BCUT2D eigenvalue weighted by atomic mass is 9.96. The molecule has 0 saturated carbocycles. The smallest absolute Gasteiger partial charge is 0.244 e. The van der Waals surface area contributed by atoms with Gasteiger partial charge in [0.05, 0.1) is 17.3 Å². The van der Waals surface area contributed by atoms with Crippen molar-refractivity contribution < 1.29 is 13.2 Å². The van der Waals surface area contributed by atoms with Gasteiger partial charge in [0.25, 0.3) is 0 Å². The highest BCUT2D eigenvalue weighted by Gasteiger charge is 2.34. The van der Waals surface area contributed by atoms with Crippen molar-refractivity contribution in [2.75, 3.05) is 38.5 Å². The molecule has 2 aliphatic rings. The molecule has 2 aromatic rings. The summed E-state index contributed by atoms with van der Waals surface area (Å²) in [4.78, 5) is 18.9. The van der Waals surface area contributed by atoms with Crippen LogP contribution in [-0.4, -0.2) is 61.7 Å². The van der Waals surface area contributed by atoms with Crippen LogP contribution in [0.5, 0.6) is 0 Å². The number of likely N-dealkylation sites (N-methyl/N-ethyl adjacent to an activating group) is 1. The highest BCUT2D eigenvalue weighted by atomic mass is 32.2. The molecule has 1 fully saturated rings. The molecular formula is C19H19N5O3S. The highest BCUT2D eigenvalue weighted by molar-refractivity contribution is 7.89. The largest absolute Gasteiger partial charge is 0.325 e. The molecule has 2 aliphatic heterocycles. The Bertz CT molecular complexity index is 1070. The maximum absolute atomic E-state index is 12.8. The van der Waals surface area contributed by atoms with Gasteiger partial charge >= 0.3 is 0 Å². The number of sulfonamides is 1. The first-order chi connectivity index (χ1) is 13.4. The summed E-state index contributed by atoms with van der Waals surface area (Å²) in [5, 5.41) is 11.8. The number of benzene rings is 1. The first-order valence-corrected chi connectivity index (χ1v) is 10.3. The maximum atomic E-state index is 12.8. The Hall–Kier alpha value is -2.80. The van der Waals surface area contributed by atoms with E-state index < -0.39 is 15.9 Å². The van der Waals surface area contributed by atoms with Gasteiger partial charge in [-0.25, -0.2) is 8.42 Å². The molecule has 1 aromatic carbocycles. The van der Waals surface area contributed by atoms with Gasteiger partial charge in [0, 0.05) is 38.1 Å². The lowest BCUT2D eigenvalue weighted by Gasteiger charge is -2.31. The topological polar surface area (TPSA) is 106 Å². The number of nitrogens with zero attached hydrogens (tertiary/aromatic N) is 4. The van der Waals surface area contributed by atoms with Gasteiger partial charge in [0.1, 0.15) is 10.8 Å². The van der Waals surface area contributed by atoms with Crippen molar-refractivity contribution in [3.05, 3.63) is 53.3 Å². The Morgan fingerprint density at radius 3 is 2.57 bits per heavy atom. The number of piperazine rings is 1. The SMILES string of the molecule is CN1CCN(S(=O)(=O)c2ccc(C3C(=O)Nc4cc(C#N)ccc43)nc2)CC1. The monoisotopic (exact) mass is 397 g/mol. The molecule has 0 radical (unpaired) electrons. The van der Waals surface area contributed by atoms with Gasteiger partial charge in [0.2, 0.25) is 15.9 Å². The van der Waals surface area contributed by atoms with Crippen molar-refractivity contribution in [1.29, 1.82) is 5.26 Å². The van der Waals surface area contributed by atoms with E-state index in [2.05, 4.69) is 15.2 Å². The third kappa shape index (κ3) is 3.16. The van der Waals surface area contributed by atoms with E-state index in [1.54, 1.807) is 24.3 Å². The van der Waals surface area contributed by atoms with Crippen LogP contribution in [0.4, 0.5) is 5.69 Å². The minimum atomic E-state index is -3.60. The lowest BCUT2D eigenvalue weighted by molar-refractivity contribution is -0.116. The maximum Gasteiger partial charge on any atom is 0.244 e. The molecule has 1 aromatic heterocycles. The van der Waals surface area contributed by atoms with E-state index in [0.717, 1.165) is 5.56 Å². The quantitative estimate of drug-likeness (QED) is 0.827. The van der Waals surface area contributed by atoms with Gasteiger partial charge in [-0.2, -0.15) is 9.57 Å². The lowest BCUT2D eigenvalue weighted by Crippen LogP contribution is -2.47. The van der Waals surface area contributed by atoms with E-state index in [9.17, 15) is 13.2 Å². The standard InChI is InChI=1S/C19H19N5O3S/c1-23-6-8-24(9-7-23)28(26,27)14-3-5-16(21-12-14)18-15-4-2-13(11-20)10-17(15)22-19(18)25/h2-5,10,12,18H,6-9H2,1H3,(H,22,25). The third-order valence-corrected chi connectivity index (χ3v) is 7.05. The second-order valence-electron chi connectivity index (χ2n) is 6.96. The van der Waals surface area contributed by atoms with Crippen LogP contribution in [0.15, 0.2) is 41.4 Å². The fourth-order valence-electron chi connectivity index (χ4n) is 3.52. The van der Waals surface area contributed by atoms with Gasteiger partial charge in [-0.15, -0.1) is 0 Å². The minimum Gasteiger partial charge on any atom is -0.325 e. The van der Waals surface area contributed by atoms with E-state index in [1.807, 2.05) is 13.1 Å². The summed E-state index contributed by atoms with van der Waals surface area (Å²) in [6.45, 7) is 2.27. The number of aromatic nitrogens is 1. The number of pyridine rings is 1. The van der Waals surface area contributed by atoms with Crippen LogP contribution in [0, 0.1) is 11.3 Å².